The van der Waals surface area contributed by atoms with Gasteiger partial charge in [-0.2, -0.15) is 0 Å². The number of furan rings is 1. The molecule has 0 aromatic carbocycles. The van der Waals surface area contributed by atoms with Crippen molar-refractivity contribution in [3.8, 4) is 0 Å². The number of hydrogen-bond acceptors (Lipinski definition) is 2. The van der Waals surface area contributed by atoms with Crippen LogP contribution in [0.15, 0.2) is 23.0 Å². The van der Waals surface area contributed by atoms with Crippen LogP contribution in [0, 0.1) is 5.92 Å². The molecule has 2 atom stereocenters. The second-order valence-corrected chi connectivity index (χ2v) is 3.22. The van der Waals surface area contributed by atoms with Crippen LogP contribution in [0.25, 0.3) is 0 Å². The fourth-order valence-electron chi connectivity index (χ4n) is 1.63. The number of hydrogen-bond donors (Lipinski definition) is 1. The van der Waals surface area contributed by atoms with Gasteiger partial charge < -0.3 is 9.73 Å². The smallest absolute Gasteiger partial charge is 0.0937 e. The molecule has 1 aliphatic rings. The molecule has 0 amide bonds. The van der Waals surface area contributed by atoms with Crippen molar-refractivity contribution < 1.29 is 4.42 Å². The van der Waals surface area contributed by atoms with Gasteiger partial charge in [0.25, 0.3) is 0 Å². The van der Waals surface area contributed by atoms with Crippen molar-refractivity contribution in [2.45, 2.75) is 12.3 Å². The van der Waals surface area contributed by atoms with Crippen LogP contribution in [-0.2, 0) is 0 Å². The molecule has 1 aromatic heterocycles. The monoisotopic (exact) mass is 151 g/mol. The highest BCUT2D eigenvalue weighted by Gasteiger charge is 2.37. The molecular weight excluding hydrogens is 138 g/mol. The van der Waals surface area contributed by atoms with Crippen LogP contribution >= 0.6 is 0 Å². The summed E-state index contributed by atoms with van der Waals surface area (Å²) in [5.41, 5.74) is 1.37. The summed E-state index contributed by atoms with van der Waals surface area (Å²) in [6.45, 7) is 1.13. The van der Waals surface area contributed by atoms with Gasteiger partial charge in [-0.25, -0.2) is 0 Å². The first-order chi connectivity index (χ1) is 5.42. The maximum atomic E-state index is 5.02. The van der Waals surface area contributed by atoms with E-state index >= 15 is 0 Å². The van der Waals surface area contributed by atoms with Gasteiger partial charge in [0.2, 0.25) is 0 Å². The van der Waals surface area contributed by atoms with E-state index in [0.717, 1.165) is 18.4 Å². The first kappa shape index (κ1) is 6.92. The second kappa shape index (κ2) is 2.70. The van der Waals surface area contributed by atoms with Gasteiger partial charge >= 0.3 is 0 Å². The molecule has 60 valence electrons. The topological polar surface area (TPSA) is 25.2 Å². The summed E-state index contributed by atoms with van der Waals surface area (Å²) in [7, 11) is 2.00. The van der Waals surface area contributed by atoms with Gasteiger partial charge in [0.05, 0.1) is 12.5 Å². The Morgan fingerprint density at radius 2 is 2.64 bits per heavy atom. The average Bonchev–Trinajstić information content (AvgIpc) is 2.61. The van der Waals surface area contributed by atoms with E-state index < -0.39 is 0 Å². The molecule has 0 spiro atoms. The minimum Gasteiger partial charge on any atom is -0.472 e. The molecule has 0 radical (unpaired) electrons. The van der Waals surface area contributed by atoms with Crippen molar-refractivity contribution in [3.63, 3.8) is 0 Å². The van der Waals surface area contributed by atoms with Gasteiger partial charge in [0, 0.05) is 0 Å². The summed E-state index contributed by atoms with van der Waals surface area (Å²) in [6, 6.07) is 2.07. The Bertz CT molecular complexity index is 217. The van der Waals surface area contributed by atoms with Gasteiger partial charge in [-0.15, -0.1) is 0 Å². The molecule has 1 aromatic rings. The highest BCUT2D eigenvalue weighted by molar-refractivity contribution is 5.21. The van der Waals surface area contributed by atoms with Gasteiger partial charge in [0.1, 0.15) is 0 Å². The zero-order valence-corrected chi connectivity index (χ0v) is 6.71. The molecule has 2 nitrogen and oxygen atoms in total. The van der Waals surface area contributed by atoms with Crippen LogP contribution in [0.3, 0.4) is 0 Å². The lowest BCUT2D eigenvalue weighted by molar-refractivity contribution is 0.563. The minimum atomic E-state index is 0.765. The average molecular weight is 151 g/mol. The van der Waals surface area contributed by atoms with Crippen LogP contribution in [0.1, 0.15) is 17.9 Å². The molecule has 1 heterocycles. The molecule has 0 bridgehead atoms. The first-order valence-electron chi connectivity index (χ1n) is 4.08. The van der Waals surface area contributed by atoms with Crippen LogP contribution in [0.5, 0.6) is 0 Å². The molecule has 0 aliphatic heterocycles. The minimum absolute atomic E-state index is 0.765. The van der Waals surface area contributed by atoms with Crippen molar-refractivity contribution in [2.24, 2.45) is 5.92 Å². The zero-order chi connectivity index (χ0) is 7.68. The molecule has 1 N–H and O–H groups in total. The van der Waals surface area contributed by atoms with E-state index in [4.69, 9.17) is 4.42 Å². The number of nitrogens with one attached hydrogen (secondary N) is 1. The Balaban J connectivity index is 1.92. The van der Waals surface area contributed by atoms with E-state index in [9.17, 15) is 0 Å². The number of rotatable bonds is 3. The van der Waals surface area contributed by atoms with E-state index in [1.165, 1.54) is 12.0 Å². The Morgan fingerprint density at radius 3 is 3.27 bits per heavy atom. The highest BCUT2D eigenvalue weighted by Crippen LogP contribution is 2.46. The molecular formula is C9H13NO. The predicted octanol–water partition coefficient (Wildman–Crippen LogP) is 1.60. The predicted molar refractivity (Wildman–Crippen MR) is 43.5 cm³/mol. The lowest BCUT2D eigenvalue weighted by Gasteiger charge is -1.94. The fourth-order valence-corrected chi connectivity index (χ4v) is 1.63. The summed E-state index contributed by atoms with van der Waals surface area (Å²) in [6.07, 6.45) is 4.94. The molecule has 2 rings (SSSR count). The molecule has 11 heavy (non-hydrogen) atoms. The van der Waals surface area contributed by atoms with Crippen LogP contribution in [0.4, 0.5) is 0 Å². The Morgan fingerprint density at radius 1 is 1.73 bits per heavy atom. The van der Waals surface area contributed by atoms with Crippen molar-refractivity contribution >= 4 is 0 Å². The lowest BCUT2D eigenvalue weighted by atomic mass is 10.2. The van der Waals surface area contributed by atoms with Crippen LogP contribution in [-0.4, -0.2) is 13.6 Å². The first-order valence-corrected chi connectivity index (χ1v) is 4.08. The maximum absolute atomic E-state index is 5.02. The van der Waals surface area contributed by atoms with Crippen molar-refractivity contribution in [2.75, 3.05) is 13.6 Å². The summed E-state index contributed by atoms with van der Waals surface area (Å²) in [5, 5.41) is 3.19. The normalized spacial score (nSPS) is 28.8. The molecule has 2 heteroatoms. The lowest BCUT2D eigenvalue weighted by Crippen LogP contribution is -2.09. The van der Waals surface area contributed by atoms with Gasteiger partial charge in [-0.3, -0.25) is 0 Å². The van der Waals surface area contributed by atoms with E-state index in [0.29, 0.717) is 0 Å². The summed E-state index contributed by atoms with van der Waals surface area (Å²) in [5.74, 6) is 1.61. The molecule has 1 fully saturated rings. The highest BCUT2D eigenvalue weighted by atomic mass is 16.3. The largest absolute Gasteiger partial charge is 0.472 e. The SMILES string of the molecule is CNCC1CC1c1ccoc1. The van der Waals surface area contributed by atoms with Crippen molar-refractivity contribution in [3.05, 3.63) is 24.2 Å². The van der Waals surface area contributed by atoms with E-state index in [2.05, 4.69) is 11.4 Å². The van der Waals surface area contributed by atoms with E-state index in [-0.39, 0.29) is 0 Å². The fraction of sp³-hybridized carbons (Fsp3) is 0.556. The van der Waals surface area contributed by atoms with Crippen molar-refractivity contribution in [1.82, 2.24) is 5.32 Å². The van der Waals surface area contributed by atoms with Gasteiger partial charge in [-0.1, -0.05) is 0 Å². The molecule has 1 saturated carbocycles. The Labute approximate surface area is 66.6 Å². The third-order valence-corrected chi connectivity index (χ3v) is 2.36. The standard InChI is InChI=1S/C9H13NO/c1-10-5-8-4-9(8)7-2-3-11-6-7/h2-3,6,8-10H,4-5H2,1H3. The van der Waals surface area contributed by atoms with Crippen LogP contribution in [0.2, 0.25) is 0 Å². The quantitative estimate of drug-likeness (QED) is 0.709. The summed E-state index contributed by atoms with van der Waals surface area (Å²) >= 11 is 0. The Kier molecular flexibility index (Phi) is 1.70. The summed E-state index contributed by atoms with van der Waals surface area (Å²) in [4.78, 5) is 0. The molecule has 2 unspecified atom stereocenters. The van der Waals surface area contributed by atoms with Crippen molar-refractivity contribution in [1.29, 1.82) is 0 Å². The Hall–Kier alpha value is -0.760. The van der Waals surface area contributed by atoms with Gasteiger partial charge in [-0.05, 0) is 43.5 Å². The van der Waals surface area contributed by atoms with E-state index in [1.807, 2.05) is 13.3 Å². The van der Waals surface area contributed by atoms with Gasteiger partial charge in [0.15, 0.2) is 0 Å². The third kappa shape index (κ3) is 1.31. The summed E-state index contributed by atoms with van der Waals surface area (Å²) < 4.78 is 5.02. The molecule has 0 saturated heterocycles. The molecule has 1 aliphatic carbocycles. The third-order valence-electron chi connectivity index (χ3n) is 2.36. The zero-order valence-electron chi connectivity index (χ0n) is 6.71. The second-order valence-electron chi connectivity index (χ2n) is 3.22. The maximum Gasteiger partial charge on any atom is 0.0937 e. The van der Waals surface area contributed by atoms with E-state index in [1.54, 1.807) is 6.26 Å². The van der Waals surface area contributed by atoms with Crippen LogP contribution < -0.4 is 5.32 Å².